The van der Waals surface area contributed by atoms with E-state index in [0.717, 1.165) is 49.7 Å². The molecule has 0 unspecified atom stereocenters. The second-order valence-electron chi connectivity index (χ2n) is 7.29. The van der Waals surface area contributed by atoms with Gasteiger partial charge in [0.15, 0.2) is 11.5 Å². The number of aryl methyl sites for hydroxylation is 1. The summed E-state index contributed by atoms with van der Waals surface area (Å²) in [6.07, 6.45) is 2.10. The van der Waals surface area contributed by atoms with Crippen LogP contribution in [0.1, 0.15) is 24.0 Å². The second kappa shape index (κ2) is 10.5. The first-order chi connectivity index (χ1) is 14.1. The van der Waals surface area contributed by atoms with Crippen LogP contribution in [0.2, 0.25) is 5.02 Å². The zero-order chi connectivity index (χ0) is 20.6. The van der Waals surface area contributed by atoms with Crippen LogP contribution in [0.15, 0.2) is 42.5 Å². The van der Waals surface area contributed by atoms with E-state index in [0.29, 0.717) is 24.3 Å². The predicted octanol–water partition coefficient (Wildman–Crippen LogP) is 4.02. The van der Waals surface area contributed by atoms with Gasteiger partial charge in [-0.25, -0.2) is 0 Å². The van der Waals surface area contributed by atoms with E-state index in [-0.39, 0.29) is 5.91 Å². The average Bonchev–Trinajstić information content (AvgIpc) is 2.98. The van der Waals surface area contributed by atoms with Gasteiger partial charge in [0.1, 0.15) is 0 Å². The topological polar surface area (TPSA) is 42.0 Å². The minimum Gasteiger partial charge on any atom is -0.493 e. The fourth-order valence-electron chi connectivity index (χ4n) is 3.78. The molecular weight excluding hydrogens is 388 g/mol. The molecule has 1 fully saturated rings. The standard InChI is InChI=1S/C23H29ClN2O3/c1-28-21-6-3-5-19(23(21)29-2)9-12-22(27)26-14-4-13-25(15-16-26)17-18-7-10-20(24)11-8-18/h3,5-8,10-11H,4,9,12-17H2,1-2H3. The highest BCUT2D eigenvalue weighted by Gasteiger charge is 2.20. The Morgan fingerprint density at radius 3 is 2.52 bits per heavy atom. The first kappa shape index (κ1) is 21.5. The van der Waals surface area contributed by atoms with Crippen LogP contribution in [0.3, 0.4) is 0 Å². The van der Waals surface area contributed by atoms with Gasteiger partial charge in [0, 0.05) is 44.2 Å². The lowest BCUT2D eigenvalue weighted by Crippen LogP contribution is -2.35. The van der Waals surface area contributed by atoms with Gasteiger partial charge in [0.05, 0.1) is 14.2 Å². The lowest BCUT2D eigenvalue weighted by molar-refractivity contribution is -0.131. The molecular formula is C23H29ClN2O3. The van der Waals surface area contributed by atoms with E-state index in [1.807, 2.05) is 35.2 Å². The van der Waals surface area contributed by atoms with Crippen LogP contribution in [0.4, 0.5) is 0 Å². The summed E-state index contributed by atoms with van der Waals surface area (Å²) in [7, 11) is 3.26. The molecule has 0 bridgehead atoms. The summed E-state index contributed by atoms with van der Waals surface area (Å²) in [5.74, 6) is 1.61. The molecule has 0 aliphatic carbocycles. The van der Waals surface area contributed by atoms with Gasteiger partial charge < -0.3 is 14.4 Å². The van der Waals surface area contributed by atoms with Crippen LogP contribution in [-0.2, 0) is 17.8 Å². The van der Waals surface area contributed by atoms with Crippen molar-refractivity contribution in [2.24, 2.45) is 0 Å². The zero-order valence-corrected chi connectivity index (χ0v) is 18.0. The minimum atomic E-state index is 0.197. The van der Waals surface area contributed by atoms with Crippen molar-refractivity contribution in [3.05, 3.63) is 58.6 Å². The maximum atomic E-state index is 12.8. The molecule has 0 N–H and O–H groups in total. The Morgan fingerprint density at radius 2 is 1.79 bits per heavy atom. The van der Waals surface area contributed by atoms with Crippen molar-refractivity contribution in [1.82, 2.24) is 9.80 Å². The van der Waals surface area contributed by atoms with Gasteiger partial charge in [0.2, 0.25) is 5.91 Å². The summed E-state index contributed by atoms with van der Waals surface area (Å²) in [5, 5.41) is 0.758. The Bertz CT molecular complexity index is 810. The van der Waals surface area contributed by atoms with E-state index < -0.39 is 0 Å². The zero-order valence-electron chi connectivity index (χ0n) is 17.2. The summed E-state index contributed by atoms with van der Waals surface area (Å²) >= 11 is 5.97. The number of rotatable bonds is 7. The molecule has 1 amide bonds. The Labute approximate surface area is 178 Å². The van der Waals surface area contributed by atoms with Crippen LogP contribution in [0.25, 0.3) is 0 Å². The maximum Gasteiger partial charge on any atom is 0.222 e. The highest BCUT2D eigenvalue weighted by atomic mass is 35.5. The smallest absolute Gasteiger partial charge is 0.222 e. The van der Waals surface area contributed by atoms with Gasteiger partial charge in [-0.1, -0.05) is 35.9 Å². The largest absolute Gasteiger partial charge is 0.493 e. The summed E-state index contributed by atoms with van der Waals surface area (Å²) in [6, 6.07) is 13.8. The van der Waals surface area contributed by atoms with Gasteiger partial charge in [-0.3, -0.25) is 9.69 Å². The molecule has 5 nitrogen and oxygen atoms in total. The Kier molecular flexibility index (Phi) is 7.78. The van der Waals surface area contributed by atoms with E-state index in [2.05, 4.69) is 17.0 Å². The molecule has 156 valence electrons. The van der Waals surface area contributed by atoms with Crippen molar-refractivity contribution >= 4 is 17.5 Å². The molecule has 0 spiro atoms. The Balaban J connectivity index is 1.52. The third-order valence-electron chi connectivity index (χ3n) is 5.35. The molecule has 1 aliphatic heterocycles. The number of carbonyl (C=O) groups excluding carboxylic acids is 1. The van der Waals surface area contributed by atoms with Crippen molar-refractivity contribution in [3.8, 4) is 11.5 Å². The number of hydrogen-bond donors (Lipinski definition) is 0. The highest BCUT2D eigenvalue weighted by molar-refractivity contribution is 6.30. The molecule has 0 radical (unpaired) electrons. The van der Waals surface area contributed by atoms with Crippen LogP contribution in [-0.4, -0.2) is 56.1 Å². The number of hydrogen-bond acceptors (Lipinski definition) is 4. The average molecular weight is 417 g/mol. The summed E-state index contributed by atoms with van der Waals surface area (Å²) < 4.78 is 10.8. The first-order valence-corrected chi connectivity index (χ1v) is 10.4. The normalized spacial score (nSPS) is 15.1. The number of methoxy groups -OCH3 is 2. The fraction of sp³-hybridized carbons (Fsp3) is 0.435. The molecule has 2 aromatic rings. The fourth-order valence-corrected chi connectivity index (χ4v) is 3.90. The van der Waals surface area contributed by atoms with E-state index in [9.17, 15) is 4.79 Å². The van der Waals surface area contributed by atoms with Gasteiger partial charge in [-0.05, 0) is 42.2 Å². The first-order valence-electron chi connectivity index (χ1n) is 10.0. The molecule has 0 aromatic heterocycles. The third kappa shape index (κ3) is 5.87. The van der Waals surface area contributed by atoms with Crippen LogP contribution in [0, 0.1) is 0 Å². The third-order valence-corrected chi connectivity index (χ3v) is 5.61. The maximum absolute atomic E-state index is 12.8. The summed E-state index contributed by atoms with van der Waals surface area (Å²) in [5.41, 5.74) is 2.25. The van der Waals surface area contributed by atoms with Crippen molar-refractivity contribution in [3.63, 3.8) is 0 Å². The molecule has 3 rings (SSSR count). The number of amides is 1. The quantitative estimate of drug-likeness (QED) is 0.683. The van der Waals surface area contributed by atoms with Gasteiger partial charge in [-0.2, -0.15) is 0 Å². The highest BCUT2D eigenvalue weighted by Crippen LogP contribution is 2.31. The van der Waals surface area contributed by atoms with Gasteiger partial charge >= 0.3 is 0 Å². The number of halogens is 1. The van der Waals surface area contributed by atoms with Crippen LogP contribution in [0.5, 0.6) is 11.5 Å². The van der Waals surface area contributed by atoms with E-state index in [1.54, 1.807) is 14.2 Å². The predicted molar refractivity (Wildman–Crippen MR) is 116 cm³/mol. The molecule has 0 atom stereocenters. The molecule has 6 heteroatoms. The minimum absolute atomic E-state index is 0.197. The second-order valence-corrected chi connectivity index (χ2v) is 7.73. The summed E-state index contributed by atoms with van der Waals surface area (Å²) in [4.78, 5) is 17.2. The van der Waals surface area contributed by atoms with E-state index >= 15 is 0 Å². The molecule has 1 aliphatic rings. The summed E-state index contributed by atoms with van der Waals surface area (Å²) in [6.45, 7) is 4.35. The lowest BCUT2D eigenvalue weighted by Gasteiger charge is -2.22. The molecule has 2 aromatic carbocycles. The van der Waals surface area contributed by atoms with E-state index in [4.69, 9.17) is 21.1 Å². The van der Waals surface area contributed by atoms with E-state index in [1.165, 1.54) is 5.56 Å². The van der Waals surface area contributed by atoms with Crippen molar-refractivity contribution in [1.29, 1.82) is 0 Å². The van der Waals surface area contributed by atoms with Crippen LogP contribution < -0.4 is 9.47 Å². The number of ether oxygens (including phenoxy) is 2. The number of carbonyl (C=O) groups is 1. The lowest BCUT2D eigenvalue weighted by atomic mass is 10.1. The SMILES string of the molecule is COc1cccc(CCC(=O)N2CCCN(Cc3ccc(Cl)cc3)CC2)c1OC. The molecule has 29 heavy (non-hydrogen) atoms. The van der Waals surface area contributed by atoms with Crippen molar-refractivity contribution in [2.75, 3.05) is 40.4 Å². The van der Waals surface area contributed by atoms with Gasteiger partial charge in [0.25, 0.3) is 0 Å². The van der Waals surface area contributed by atoms with Gasteiger partial charge in [-0.15, -0.1) is 0 Å². The number of para-hydroxylation sites is 1. The monoisotopic (exact) mass is 416 g/mol. The Morgan fingerprint density at radius 1 is 1.00 bits per heavy atom. The number of nitrogens with zero attached hydrogens (tertiary/aromatic N) is 2. The van der Waals surface area contributed by atoms with Crippen molar-refractivity contribution in [2.45, 2.75) is 25.8 Å². The molecule has 1 heterocycles. The Hall–Kier alpha value is -2.24. The van der Waals surface area contributed by atoms with Crippen molar-refractivity contribution < 1.29 is 14.3 Å². The molecule has 1 saturated heterocycles. The number of benzene rings is 2. The molecule has 0 saturated carbocycles. The van der Waals surface area contributed by atoms with Crippen LogP contribution >= 0.6 is 11.6 Å².